The molecular formula is C35H69NO4. The molecule has 5 heteroatoms. The maximum atomic E-state index is 12.4. The number of carbonyl (C=O) groups excluding carboxylic acids is 2. The van der Waals surface area contributed by atoms with Gasteiger partial charge in [0.05, 0.1) is 19.3 Å². The van der Waals surface area contributed by atoms with Crippen LogP contribution in [0, 0.1) is 0 Å². The third-order valence-electron chi connectivity index (χ3n) is 7.81. The third-order valence-corrected chi connectivity index (χ3v) is 7.81. The van der Waals surface area contributed by atoms with Gasteiger partial charge in [-0.1, -0.05) is 143 Å². The van der Waals surface area contributed by atoms with Crippen molar-refractivity contribution in [3.05, 3.63) is 0 Å². The molecule has 0 radical (unpaired) electrons. The number of hydrogen-bond donors (Lipinski definition) is 1. The Balaban J connectivity index is 3.75. The number of ether oxygens (including phenoxy) is 2. The van der Waals surface area contributed by atoms with Crippen molar-refractivity contribution in [1.29, 1.82) is 0 Å². The van der Waals surface area contributed by atoms with Crippen LogP contribution in [0.4, 0.5) is 0 Å². The maximum absolute atomic E-state index is 12.4. The molecule has 0 aliphatic rings. The van der Waals surface area contributed by atoms with E-state index in [-0.39, 0.29) is 24.0 Å². The lowest BCUT2D eigenvalue weighted by molar-refractivity contribution is -0.149. The third kappa shape index (κ3) is 28.4. The Morgan fingerprint density at radius 2 is 1.02 bits per heavy atom. The first kappa shape index (κ1) is 38.9. The van der Waals surface area contributed by atoms with Crippen LogP contribution >= 0.6 is 0 Å². The van der Waals surface area contributed by atoms with Crippen molar-refractivity contribution < 1.29 is 19.1 Å². The molecule has 0 saturated heterocycles. The number of amides is 1. The Labute approximate surface area is 249 Å². The molecule has 0 bridgehead atoms. The van der Waals surface area contributed by atoms with Gasteiger partial charge in [-0.3, -0.25) is 9.59 Å². The zero-order valence-corrected chi connectivity index (χ0v) is 27.4. The average Bonchev–Trinajstić information content (AvgIpc) is 2.93. The summed E-state index contributed by atoms with van der Waals surface area (Å²) in [5.74, 6) is 0.0609. The van der Waals surface area contributed by atoms with E-state index in [1.807, 2.05) is 6.92 Å². The number of rotatable bonds is 31. The second-order valence-corrected chi connectivity index (χ2v) is 12.1. The molecule has 0 unspecified atom stereocenters. The lowest BCUT2D eigenvalue weighted by atomic mass is 10.1. The summed E-state index contributed by atoms with van der Waals surface area (Å²) in [7, 11) is 0. The van der Waals surface area contributed by atoms with Crippen LogP contribution in [-0.2, 0) is 19.1 Å². The van der Waals surface area contributed by atoms with Gasteiger partial charge in [0.15, 0.2) is 0 Å². The van der Waals surface area contributed by atoms with E-state index >= 15 is 0 Å². The highest BCUT2D eigenvalue weighted by atomic mass is 16.5. The molecular weight excluding hydrogens is 498 g/mol. The SMILES string of the molecule is CCCCCCCCCCCCCC(=O)N[C@@H](CCC)COCC[C@@H](C)OC(=O)CCCCCCCCCCC. The molecule has 0 heterocycles. The van der Waals surface area contributed by atoms with E-state index in [9.17, 15) is 9.59 Å². The predicted octanol–water partition coefficient (Wildman–Crippen LogP) is 10.2. The minimum absolute atomic E-state index is 0.0645. The first-order chi connectivity index (χ1) is 19.5. The summed E-state index contributed by atoms with van der Waals surface area (Å²) in [5, 5.41) is 3.17. The Morgan fingerprint density at radius 3 is 1.50 bits per heavy atom. The van der Waals surface area contributed by atoms with Crippen molar-refractivity contribution in [1.82, 2.24) is 5.32 Å². The van der Waals surface area contributed by atoms with Gasteiger partial charge in [-0.2, -0.15) is 0 Å². The van der Waals surface area contributed by atoms with Crippen LogP contribution in [-0.4, -0.2) is 37.2 Å². The number of carbonyl (C=O) groups is 2. The van der Waals surface area contributed by atoms with Gasteiger partial charge in [-0.05, 0) is 26.2 Å². The fourth-order valence-corrected chi connectivity index (χ4v) is 5.19. The molecule has 40 heavy (non-hydrogen) atoms. The van der Waals surface area contributed by atoms with E-state index in [0.717, 1.165) is 38.5 Å². The van der Waals surface area contributed by atoms with Crippen molar-refractivity contribution in [3.8, 4) is 0 Å². The van der Waals surface area contributed by atoms with Crippen LogP contribution in [0.15, 0.2) is 0 Å². The molecule has 0 rings (SSSR count). The van der Waals surface area contributed by atoms with Crippen molar-refractivity contribution in [3.63, 3.8) is 0 Å². The van der Waals surface area contributed by atoms with E-state index in [4.69, 9.17) is 9.47 Å². The topological polar surface area (TPSA) is 64.6 Å². The zero-order valence-electron chi connectivity index (χ0n) is 27.4. The predicted molar refractivity (Wildman–Crippen MR) is 171 cm³/mol. The van der Waals surface area contributed by atoms with Gasteiger partial charge in [-0.25, -0.2) is 0 Å². The van der Waals surface area contributed by atoms with E-state index in [0.29, 0.717) is 32.5 Å². The van der Waals surface area contributed by atoms with Gasteiger partial charge in [0.25, 0.3) is 0 Å². The first-order valence-electron chi connectivity index (χ1n) is 17.6. The van der Waals surface area contributed by atoms with E-state index < -0.39 is 0 Å². The van der Waals surface area contributed by atoms with Gasteiger partial charge in [0.2, 0.25) is 5.91 Å². The maximum Gasteiger partial charge on any atom is 0.306 e. The van der Waals surface area contributed by atoms with Crippen molar-refractivity contribution >= 4 is 11.9 Å². The number of nitrogens with one attached hydrogen (secondary N) is 1. The Morgan fingerprint density at radius 1 is 0.575 bits per heavy atom. The number of esters is 1. The van der Waals surface area contributed by atoms with Crippen molar-refractivity contribution in [2.24, 2.45) is 0 Å². The highest BCUT2D eigenvalue weighted by Crippen LogP contribution is 2.13. The second kappa shape index (κ2) is 30.8. The second-order valence-electron chi connectivity index (χ2n) is 12.1. The molecule has 1 N–H and O–H groups in total. The molecule has 0 aromatic carbocycles. The molecule has 5 nitrogen and oxygen atoms in total. The summed E-state index contributed by atoms with van der Waals surface area (Å²) < 4.78 is 11.4. The van der Waals surface area contributed by atoms with E-state index in [1.54, 1.807) is 0 Å². The van der Waals surface area contributed by atoms with Crippen molar-refractivity contribution in [2.45, 2.75) is 200 Å². The van der Waals surface area contributed by atoms with E-state index in [2.05, 4.69) is 26.1 Å². The van der Waals surface area contributed by atoms with Gasteiger partial charge in [0.1, 0.15) is 6.10 Å². The molecule has 238 valence electrons. The summed E-state index contributed by atoms with van der Waals surface area (Å²) in [6.45, 7) is 9.66. The Kier molecular flexibility index (Phi) is 30.0. The normalized spacial score (nSPS) is 12.8. The molecule has 0 aromatic heterocycles. The smallest absolute Gasteiger partial charge is 0.306 e. The summed E-state index contributed by atoms with van der Waals surface area (Å²) in [6.07, 6.45) is 29.1. The van der Waals surface area contributed by atoms with Crippen LogP contribution < -0.4 is 5.32 Å². The minimum atomic E-state index is -0.133. The van der Waals surface area contributed by atoms with E-state index in [1.165, 1.54) is 103 Å². The fraction of sp³-hybridized carbons (Fsp3) is 0.943. The summed E-state index contributed by atoms with van der Waals surface area (Å²) in [5.41, 5.74) is 0. The lowest BCUT2D eigenvalue weighted by Gasteiger charge is -2.19. The monoisotopic (exact) mass is 568 g/mol. The molecule has 2 atom stereocenters. The van der Waals surface area contributed by atoms with Gasteiger partial charge in [0, 0.05) is 19.3 Å². The quantitative estimate of drug-likeness (QED) is 0.0668. The molecule has 0 aliphatic heterocycles. The van der Waals surface area contributed by atoms with Crippen LogP contribution in [0.25, 0.3) is 0 Å². The molecule has 0 aliphatic carbocycles. The standard InChI is InChI=1S/C35H69NO4/c1-5-8-10-12-14-16-17-19-20-22-24-27-34(37)36-33(26-7-3)31-39-30-29-32(4)40-35(38)28-25-23-21-18-15-13-11-9-6-2/h32-33H,5-31H2,1-4H3,(H,36,37)/t32-,33+/m1/s1. The zero-order chi connectivity index (χ0) is 29.5. The molecule has 0 aromatic rings. The molecule has 0 spiro atoms. The summed E-state index contributed by atoms with van der Waals surface area (Å²) in [6, 6.07) is 0.0645. The lowest BCUT2D eigenvalue weighted by Crippen LogP contribution is -2.38. The van der Waals surface area contributed by atoms with Gasteiger partial charge >= 0.3 is 5.97 Å². The van der Waals surface area contributed by atoms with Crippen LogP contribution in [0.5, 0.6) is 0 Å². The minimum Gasteiger partial charge on any atom is -0.463 e. The highest BCUT2D eigenvalue weighted by Gasteiger charge is 2.13. The Bertz CT molecular complexity index is 554. The molecule has 1 amide bonds. The number of hydrogen-bond acceptors (Lipinski definition) is 4. The summed E-state index contributed by atoms with van der Waals surface area (Å²) in [4.78, 5) is 24.5. The van der Waals surface area contributed by atoms with Crippen LogP contribution in [0.2, 0.25) is 0 Å². The fourth-order valence-electron chi connectivity index (χ4n) is 5.19. The van der Waals surface area contributed by atoms with Gasteiger partial charge in [-0.15, -0.1) is 0 Å². The highest BCUT2D eigenvalue weighted by molar-refractivity contribution is 5.76. The van der Waals surface area contributed by atoms with Crippen LogP contribution in [0.1, 0.15) is 188 Å². The molecule has 0 saturated carbocycles. The van der Waals surface area contributed by atoms with Crippen LogP contribution in [0.3, 0.4) is 0 Å². The van der Waals surface area contributed by atoms with Crippen molar-refractivity contribution in [2.75, 3.05) is 13.2 Å². The largest absolute Gasteiger partial charge is 0.463 e. The molecule has 0 fully saturated rings. The average molecular weight is 568 g/mol. The number of unbranched alkanes of at least 4 members (excludes halogenated alkanes) is 18. The van der Waals surface area contributed by atoms with Gasteiger partial charge < -0.3 is 14.8 Å². The first-order valence-corrected chi connectivity index (χ1v) is 17.6. The Hall–Kier alpha value is -1.10. The summed E-state index contributed by atoms with van der Waals surface area (Å²) >= 11 is 0.